The highest BCUT2D eigenvalue weighted by atomic mass is 32.2. The van der Waals surface area contributed by atoms with Crippen LogP contribution < -0.4 is 5.73 Å². The molecule has 0 aliphatic carbocycles. The van der Waals surface area contributed by atoms with Crippen LogP contribution >= 0.6 is 11.8 Å². The smallest absolute Gasteiger partial charge is 0.327 e. The van der Waals surface area contributed by atoms with Crippen molar-refractivity contribution in [1.29, 1.82) is 0 Å². The SMILES string of the molecule is CCC1SCC(C(=O)O)N1C(=O)c1cccc(N)c1C. The number of aliphatic carboxylic acids is 1. The van der Waals surface area contributed by atoms with Gasteiger partial charge in [-0.25, -0.2) is 4.79 Å². The zero-order chi connectivity index (χ0) is 14.9. The molecule has 3 N–H and O–H groups in total. The molecule has 1 saturated heterocycles. The van der Waals surface area contributed by atoms with Crippen molar-refractivity contribution in [2.45, 2.75) is 31.7 Å². The van der Waals surface area contributed by atoms with Crippen molar-refractivity contribution in [3.8, 4) is 0 Å². The molecule has 2 unspecified atom stereocenters. The summed E-state index contributed by atoms with van der Waals surface area (Å²) in [6, 6.07) is 4.38. The molecule has 6 heteroatoms. The van der Waals surface area contributed by atoms with Gasteiger partial charge < -0.3 is 15.7 Å². The Balaban J connectivity index is 2.38. The molecule has 2 atom stereocenters. The number of nitrogens with zero attached hydrogens (tertiary/aromatic N) is 1. The molecule has 1 aromatic carbocycles. The molecule has 0 aromatic heterocycles. The molecule has 2 rings (SSSR count). The van der Waals surface area contributed by atoms with Gasteiger partial charge in [0.05, 0.1) is 5.37 Å². The van der Waals surface area contributed by atoms with E-state index < -0.39 is 12.0 Å². The van der Waals surface area contributed by atoms with E-state index in [1.165, 1.54) is 16.7 Å². The minimum atomic E-state index is -0.955. The Labute approximate surface area is 122 Å². The van der Waals surface area contributed by atoms with Crippen molar-refractivity contribution in [2.75, 3.05) is 11.5 Å². The number of hydrogen-bond donors (Lipinski definition) is 2. The summed E-state index contributed by atoms with van der Waals surface area (Å²) in [5.41, 5.74) is 7.56. The number of carbonyl (C=O) groups excluding carboxylic acids is 1. The number of amides is 1. The van der Waals surface area contributed by atoms with Crippen LogP contribution in [0.15, 0.2) is 18.2 Å². The molecule has 0 saturated carbocycles. The van der Waals surface area contributed by atoms with E-state index in [9.17, 15) is 14.7 Å². The monoisotopic (exact) mass is 294 g/mol. The van der Waals surface area contributed by atoms with Gasteiger partial charge in [0.25, 0.3) is 5.91 Å². The second-order valence-corrected chi connectivity index (χ2v) is 5.99. The maximum absolute atomic E-state index is 12.7. The van der Waals surface area contributed by atoms with Gasteiger partial charge in [0.2, 0.25) is 0 Å². The van der Waals surface area contributed by atoms with Crippen LogP contribution in [0.4, 0.5) is 5.69 Å². The van der Waals surface area contributed by atoms with E-state index in [2.05, 4.69) is 0 Å². The number of hydrogen-bond acceptors (Lipinski definition) is 4. The van der Waals surface area contributed by atoms with Crippen molar-refractivity contribution >= 4 is 29.3 Å². The molecular formula is C14H18N2O3S. The van der Waals surface area contributed by atoms with Crippen LogP contribution in [-0.4, -0.2) is 39.1 Å². The normalized spacial score (nSPS) is 22.0. The molecular weight excluding hydrogens is 276 g/mol. The van der Waals surface area contributed by atoms with Gasteiger partial charge in [0.15, 0.2) is 0 Å². The standard InChI is InChI=1S/C14H18N2O3S/c1-3-12-16(11(7-20-12)14(18)19)13(17)9-5-4-6-10(15)8(9)2/h4-6,11-12H,3,7,15H2,1-2H3,(H,18,19). The van der Waals surface area contributed by atoms with Crippen LogP contribution in [0.2, 0.25) is 0 Å². The fourth-order valence-electron chi connectivity index (χ4n) is 2.36. The number of anilines is 1. The van der Waals surface area contributed by atoms with E-state index in [1.807, 2.05) is 6.92 Å². The fraction of sp³-hybridized carbons (Fsp3) is 0.429. The van der Waals surface area contributed by atoms with E-state index in [1.54, 1.807) is 25.1 Å². The molecule has 0 bridgehead atoms. The zero-order valence-corrected chi connectivity index (χ0v) is 12.3. The molecule has 0 radical (unpaired) electrons. The van der Waals surface area contributed by atoms with Gasteiger partial charge in [-0.3, -0.25) is 4.79 Å². The molecule has 1 aromatic rings. The molecule has 5 nitrogen and oxygen atoms in total. The highest BCUT2D eigenvalue weighted by Gasteiger charge is 2.41. The number of carbonyl (C=O) groups is 2. The first-order chi connectivity index (χ1) is 9.47. The largest absolute Gasteiger partial charge is 0.480 e. The van der Waals surface area contributed by atoms with E-state index in [0.717, 1.165) is 6.42 Å². The zero-order valence-electron chi connectivity index (χ0n) is 11.5. The lowest BCUT2D eigenvalue weighted by Crippen LogP contribution is -2.45. The average molecular weight is 294 g/mol. The highest BCUT2D eigenvalue weighted by molar-refractivity contribution is 8.00. The summed E-state index contributed by atoms with van der Waals surface area (Å²) in [5.74, 6) is -0.775. The first kappa shape index (κ1) is 14.7. The average Bonchev–Trinajstić information content (AvgIpc) is 2.85. The minimum absolute atomic E-state index is 0.0931. The van der Waals surface area contributed by atoms with Crippen LogP contribution in [0.3, 0.4) is 0 Å². The number of benzene rings is 1. The number of nitrogens with two attached hydrogens (primary N) is 1. The molecule has 20 heavy (non-hydrogen) atoms. The third kappa shape index (κ3) is 2.47. The Morgan fingerprint density at radius 3 is 2.80 bits per heavy atom. The van der Waals surface area contributed by atoms with Gasteiger partial charge in [-0.2, -0.15) is 0 Å². The van der Waals surface area contributed by atoms with Gasteiger partial charge in [0, 0.05) is 17.0 Å². The Morgan fingerprint density at radius 2 is 2.20 bits per heavy atom. The fourth-order valence-corrected chi connectivity index (χ4v) is 3.71. The van der Waals surface area contributed by atoms with Crippen molar-refractivity contribution in [3.63, 3.8) is 0 Å². The maximum Gasteiger partial charge on any atom is 0.327 e. The van der Waals surface area contributed by atoms with E-state index in [0.29, 0.717) is 22.6 Å². The number of carboxylic acids is 1. The van der Waals surface area contributed by atoms with E-state index in [-0.39, 0.29) is 11.3 Å². The Morgan fingerprint density at radius 1 is 1.50 bits per heavy atom. The lowest BCUT2D eigenvalue weighted by Gasteiger charge is -2.27. The van der Waals surface area contributed by atoms with E-state index in [4.69, 9.17) is 5.73 Å². The number of carboxylic acid groups (broad SMARTS) is 1. The van der Waals surface area contributed by atoms with Crippen LogP contribution in [0, 0.1) is 6.92 Å². The summed E-state index contributed by atoms with van der Waals surface area (Å²) < 4.78 is 0. The summed E-state index contributed by atoms with van der Waals surface area (Å²) in [7, 11) is 0. The predicted octanol–water partition coefficient (Wildman–Crippen LogP) is 1.96. The minimum Gasteiger partial charge on any atom is -0.480 e. The van der Waals surface area contributed by atoms with Crippen LogP contribution in [0.1, 0.15) is 29.3 Å². The van der Waals surface area contributed by atoms with Gasteiger partial charge in [0.1, 0.15) is 6.04 Å². The van der Waals surface area contributed by atoms with Crippen molar-refractivity contribution in [3.05, 3.63) is 29.3 Å². The Hall–Kier alpha value is -1.69. The topological polar surface area (TPSA) is 83.6 Å². The second kappa shape index (κ2) is 5.75. The van der Waals surface area contributed by atoms with Crippen molar-refractivity contribution < 1.29 is 14.7 Å². The quantitative estimate of drug-likeness (QED) is 0.833. The van der Waals surface area contributed by atoms with Crippen LogP contribution in [0.25, 0.3) is 0 Å². The van der Waals surface area contributed by atoms with Gasteiger partial charge in [-0.05, 0) is 31.0 Å². The van der Waals surface area contributed by atoms with Crippen LogP contribution in [-0.2, 0) is 4.79 Å². The van der Waals surface area contributed by atoms with Crippen molar-refractivity contribution in [1.82, 2.24) is 4.90 Å². The highest BCUT2D eigenvalue weighted by Crippen LogP contribution is 2.33. The molecule has 1 fully saturated rings. The van der Waals surface area contributed by atoms with E-state index >= 15 is 0 Å². The molecule has 1 aliphatic rings. The lowest BCUT2D eigenvalue weighted by molar-refractivity contribution is -0.141. The molecule has 1 aliphatic heterocycles. The molecule has 1 amide bonds. The first-order valence-electron chi connectivity index (χ1n) is 6.49. The summed E-state index contributed by atoms with van der Waals surface area (Å²) in [6.45, 7) is 3.73. The van der Waals surface area contributed by atoms with Crippen molar-refractivity contribution in [2.24, 2.45) is 0 Å². The second-order valence-electron chi connectivity index (χ2n) is 4.78. The molecule has 108 valence electrons. The summed E-state index contributed by atoms with van der Waals surface area (Å²) in [4.78, 5) is 25.5. The number of thioether (sulfide) groups is 1. The Bertz CT molecular complexity index is 547. The lowest BCUT2D eigenvalue weighted by atomic mass is 10.0. The molecule has 1 heterocycles. The van der Waals surface area contributed by atoms with Crippen LogP contribution in [0.5, 0.6) is 0 Å². The number of rotatable bonds is 3. The third-order valence-corrected chi connectivity index (χ3v) is 5.02. The molecule has 0 spiro atoms. The summed E-state index contributed by atoms with van der Waals surface area (Å²) >= 11 is 1.51. The third-order valence-electron chi connectivity index (χ3n) is 3.57. The van der Waals surface area contributed by atoms with Gasteiger partial charge in [-0.15, -0.1) is 11.8 Å². The summed E-state index contributed by atoms with van der Waals surface area (Å²) in [5, 5.41) is 9.19. The predicted molar refractivity (Wildman–Crippen MR) is 79.7 cm³/mol. The maximum atomic E-state index is 12.7. The van der Waals surface area contributed by atoms with Gasteiger partial charge >= 0.3 is 5.97 Å². The number of nitrogen functional groups attached to an aromatic ring is 1. The first-order valence-corrected chi connectivity index (χ1v) is 7.54. The Kier molecular flexibility index (Phi) is 4.23. The summed E-state index contributed by atoms with van der Waals surface area (Å²) in [6.07, 6.45) is 0.724. The van der Waals surface area contributed by atoms with Gasteiger partial charge in [-0.1, -0.05) is 13.0 Å².